The predicted molar refractivity (Wildman–Crippen MR) is 115 cm³/mol. The second-order valence-corrected chi connectivity index (χ2v) is 8.19. The number of carbonyl (C=O) groups is 1. The lowest BCUT2D eigenvalue weighted by Crippen LogP contribution is -2.50. The average molecular weight is 419 g/mol. The quantitative estimate of drug-likeness (QED) is 0.304. The van der Waals surface area contributed by atoms with Gasteiger partial charge in [-0.05, 0) is 37.0 Å². The van der Waals surface area contributed by atoms with E-state index in [1.165, 1.54) is 0 Å². The lowest BCUT2D eigenvalue weighted by atomic mass is 9.94. The zero-order valence-electron chi connectivity index (χ0n) is 17.5. The van der Waals surface area contributed by atoms with Gasteiger partial charge in [-0.2, -0.15) is 0 Å². The molecule has 0 bridgehead atoms. The van der Waals surface area contributed by atoms with Crippen molar-refractivity contribution in [1.82, 2.24) is 4.90 Å². The highest BCUT2D eigenvalue weighted by Gasteiger charge is 2.45. The Morgan fingerprint density at radius 2 is 1.97 bits per heavy atom. The van der Waals surface area contributed by atoms with Crippen molar-refractivity contribution in [1.29, 1.82) is 0 Å². The van der Waals surface area contributed by atoms with Crippen molar-refractivity contribution in [3.63, 3.8) is 0 Å². The second-order valence-electron chi connectivity index (χ2n) is 8.19. The normalized spacial score (nSPS) is 27.6. The molecule has 1 aliphatic carbocycles. The molecule has 1 aliphatic heterocycles. The standard InChI is InChI=1S/C23H34N2O5/c24-18-9-7-17(8-10-18)16-30-21-15-20(26)23(25-11-13-29-14-12-25)19(21)5-3-1-2-4-6-22(27)28/h1,3,7-10,19-21,23,26H,2,4-6,11-16,24H2,(H,27,28). The third-order valence-corrected chi connectivity index (χ3v) is 6.03. The summed E-state index contributed by atoms with van der Waals surface area (Å²) in [5, 5.41) is 19.6. The minimum absolute atomic E-state index is 0.0333. The van der Waals surface area contributed by atoms with E-state index in [0.717, 1.165) is 37.2 Å². The highest BCUT2D eigenvalue weighted by molar-refractivity contribution is 5.66. The number of nitrogen functional groups attached to an aromatic ring is 1. The molecular formula is C23H34N2O5. The number of carboxylic acids is 1. The molecule has 4 unspecified atom stereocenters. The number of aliphatic hydroxyl groups excluding tert-OH is 1. The minimum atomic E-state index is -0.758. The number of rotatable bonds is 10. The van der Waals surface area contributed by atoms with Crippen LogP contribution in [-0.4, -0.2) is 65.6 Å². The summed E-state index contributed by atoms with van der Waals surface area (Å²) >= 11 is 0. The van der Waals surface area contributed by atoms with Gasteiger partial charge in [0.05, 0.1) is 32.0 Å². The topological polar surface area (TPSA) is 105 Å². The van der Waals surface area contributed by atoms with Crippen LogP contribution in [0.15, 0.2) is 36.4 Å². The molecular weight excluding hydrogens is 384 g/mol. The molecule has 0 spiro atoms. The molecule has 1 saturated carbocycles. The van der Waals surface area contributed by atoms with E-state index >= 15 is 0 Å². The molecule has 0 amide bonds. The summed E-state index contributed by atoms with van der Waals surface area (Å²) in [6.45, 7) is 3.53. The van der Waals surface area contributed by atoms with Crippen LogP contribution >= 0.6 is 0 Å². The van der Waals surface area contributed by atoms with Crippen LogP contribution < -0.4 is 5.73 Å². The number of nitrogens with zero attached hydrogens (tertiary/aromatic N) is 1. The van der Waals surface area contributed by atoms with Gasteiger partial charge in [-0.25, -0.2) is 0 Å². The van der Waals surface area contributed by atoms with E-state index in [-0.39, 0.29) is 24.5 Å². The Kier molecular flexibility index (Phi) is 8.69. The summed E-state index contributed by atoms with van der Waals surface area (Å²) in [6, 6.07) is 7.73. The first kappa shape index (κ1) is 22.7. The molecule has 0 radical (unpaired) electrons. The van der Waals surface area contributed by atoms with Gasteiger partial charge in [0.2, 0.25) is 0 Å². The maximum absolute atomic E-state index is 10.8. The van der Waals surface area contributed by atoms with E-state index in [0.29, 0.717) is 32.7 Å². The summed E-state index contributed by atoms with van der Waals surface area (Å²) in [5.41, 5.74) is 7.56. The van der Waals surface area contributed by atoms with Crippen molar-refractivity contribution in [2.24, 2.45) is 5.92 Å². The van der Waals surface area contributed by atoms with Gasteiger partial charge in [0.15, 0.2) is 0 Å². The Bertz CT molecular complexity index is 687. The summed E-state index contributed by atoms with van der Waals surface area (Å²) in [4.78, 5) is 13.0. The molecule has 30 heavy (non-hydrogen) atoms. The van der Waals surface area contributed by atoms with Crippen LogP contribution in [0.3, 0.4) is 0 Å². The maximum atomic E-state index is 10.8. The number of ether oxygens (including phenoxy) is 2. The molecule has 3 rings (SSSR count). The van der Waals surface area contributed by atoms with E-state index in [4.69, 9.17) is 20.3 Å². The fraction of sp³-hybridized carbons (Fsp3) is 0.609. The third kappa shape index (κ3) is 6.54. The fourth-order valence-corrected chi connectivity index (χ4v) is 4.49. The Morgan fingerprint density at radius 3 is 2.67 bits per heavy atom. The van der Waals surface area contributed by atoms with Gasteiger partial charge in [0.25, 0.3) is 0 Å². The summed E-state index contributed by atoms with van der Waals surface area (Å²) < 4.78 is 11.8. The Morgan fingerprint density at radius 1 is 1.23 bits per heavy atom. The molecule has 2 aliphatic rings. The van der Waals surface area contributed by atoms with Crippen LogP contribution in [-0.2, 0) is 20.9 Å². The first-order chi connectivity index (χ1) is 14.5. The van der Waals surface area contributed by atoms with Gasteiger partial charge in [0, 0.05) is 43.6 Å². The second kappa shape index (κ2) is 11.5. The zero-order chi connectivity index (χ0) is 21.3. The first-order valence-electron chi connectivity index (χ1n) is 10.9. The number of carboxylic acid groups (broad SMARTS) is 1. The predicted octanol–water partition coefficient (Wildman–Crippen LogP) is 2.44. The maximum Gasteiger partial charge on any atom is 0.303 e. The molecule has 166 valence electrons. The molecule has 2 fully saturated rings. The molecule has 4 atom stereocenters. The largest absolute Gasteiger partial charge is 0.481 e. The van der Waals surface area contributed by atoms with Crippen molar-refractivity contribution in [2.45, 2.75) is 57.0 Å². The Balaban J connectivity index is 1.62. The molecule has 1 aromatic carbocycles. The van der Waals surface area contributed by atoms with Gasteiger partial charge >= 0.3 is 5.97 Å². The number of aliphatic hydroxyl groups is 1. The van der Waals surface area contributed by atoms with E-state index < -0.39 is 12.1 Å². The van der Waals surface area contributed by atoms with Crippen LogP contribution in [0, 0.1) is 5.92 Å². The number of aliphatic carboxylic acids is 1. The highest BCUT2D eigenvalue weighted by Crippen LogP contribution is 2.36. The van der Waals surface area contributed by atoms with Crippen LogP contribution in [0.5, 0.6) is 0 Å². The number of hydrogen-bond donors (Lipinski definition) is 3. The summed E-state index contributed by atoms with van der Waals surface area (Å²) in [7, 11) is 0. The molecule has 1 heterocycles. The van der Waals surface area contributed by atoms with Crippen LogP contribution in [0.2, 0.25) is 0 Å². The van der Waals surface area contributed by atoms with Gasteiger partial charge in [-0.15, -0.1) is 0 Å². The summed E-state index contributed by atoms with van der Waals surface area (Å²) in [6.07, 6.45) is 6.73. The number of benzene rings is 1. The van der Waals surface area contributed by atoms with Gasteiger partial charge in [-0.1, -0.05) is 24.3 Å². The highest BCUT2D eigenvalue weighted by atomic mass is 16.5. The van der Waals surface area contributed by atoms with Crippen molar-refractivity contribution in [3.8, 4) is 0 Å². The Hall–Kier alpha value is -1.93. The molecule has 7 nitrogen and oxygen atoms in total. The molecule has 0 aromatic heterocycles. The number of unbranched alkanes of at least 4 members (excludes halogenated alkanes) is 1. The Labute approximate surface area is 178 Å². The van der Waals surface area contributed by atoms with Crippen molar-refractivity contribution in [3.05, 3.63) is 42.0 Å². The number of morpholine rings is 1. The van der Waals surface area contributed by atoms with Gasteiger partial charge in [-0.3, -0.25) is 9.69 Å². The third-order valence-electron chi connectivity index (χ3n) is 6.03. The van der Waals surface area contributed by atoms with Crippen LogP contribution in [0.25, 0.3) is 0 Å². The van der Waals surface area contributed by atoms with Crippen molar-refractivity contribution >= 4 is 11.7 Å². The van der Waals surface area contributed by atoms with Gasteiger partial charge in [0.1, 0.15) is 0 Å². The van der Waals surface area contributed by atoms with Crippen LogP contribution in [0.1, 0.15) is 37.7 Å². The lowest BCUT2D eigenvalue weighted by molar-refractivity contribution is -0.137. The van der Waals surface area contributed by atoms with E-state index in [2.05, 4.69) is 17.1 Å². The van der Waals surface area contributed by atoms with E-state index in [1.54, 1.807) is 0 Å². The van der Waals surface area contributed by atoms with E-state index in [9.17, 15) is 9.90 Å². The fourth-order valence-electron chi connectivity index (χ4n) is 4.49. The van der Waals surface area contributed by atoms with Gasteiger partial charge < -0.3 is 25.4 Å². The van der Waals surface area contributed by atoms with E-state index in [1.807, 2.05) is 24.3 Å². The number of anilines is 1. The van der Waals surface area contributed by atoms with Crippen molar-refractivity contribution < 1.29 is 24.5 Å². The lowest BCUT2D eigenvalue weighted by Gasteiger charge is -2.37. The van der Waals surface area contributed by atoms with Crippen LogP contribution in [0.4, 0.5) is 5.69 Å². The van der Waals surface area contributed by atoms with Crippen molar-refractivity contribution in [2.75, 3.05) is 32.0 Å². The number of allylic oxidation sites excluding steroid dienone is 2. The SMILES string of the molecule is Nc1ccc(COC2CC(O)C(N3CCOCC3)C2CC=CCCCC(=O)O)cc1. The number of nitrogens with two attached hydrogens (primary N) is 1. The molecule has 1 aromatic rings. The first-order valence-corrected chi connectivity index (χ1v) is 10.9. The smallest absolute Gasteiger partial charge is 0.303 e. The number of hydrogen-bond acceptors (Lipinski definition) is 6. The molecule has 1 saturated heterocycles. The minimum Gasteiger partial charge on any atom is -0.481 e. The molecule has 7 heteroatoms. The summed E-state index contributed by atoms with van der Waals surface area (Å²) in [5.74, 6) is -0.576. The monoisotopic (exact) mass is 418 g/mol. The average Bonchev–Trinajstić information content (AvgIpc) is 3.05. The molecule has 4 N–H and O–H groups in total. The zero-order valence-corrected chi connectivity index (χ0v) is 17.5.